The van der Waals surface area contributed by atoms with Gasteiger partial charge in [0.25, 0.3) is 10.0 Å². The van der Waals surface area contributed by atoms with Crippen LogP contribution in [0, 0.1) is 13.8 Å². The number of carbonyl (C=O) groups is 1. The van der Waals surface area contributed by atoms with E-state index in [0.29, 0.717) is 29.3 Å². The second kappa shape index (κ2) is 7.82. The molecule has 0 atom stereocenters. The molecule has 0 saturated heterocycles. The number of rotatable bonds is 7. The number of ether oxygens (including phenoxy) is 2. The van der Waals surface area contributed by atoms with Crippen molar-refractivity contribution in [2.75, 3.05) is 17.9 Å². The molecule has 7 nitrogen and oxygen atoms in total. The second-order valence-corrected chi connectivity index (χ2v) is 7.32. The van der Waals surface area contributed by atoms with Gasteiger partial charge in [0.05, 0.1) is 18.9 Å². The van der Waals surface area contributed by atoms with Crippen molar-refractivity contribution in [3.8, 4) is 5.75 Å². The maximum atomic E-state index is 13.0. The molecule has 0 bridgehead atoms. The summed E-state index contributed by atoms with van der Waals surface area (Å²) in [5, 5.41) is 0. The molecule has 0 amide bonds. The summed E-state index contributed by atoms with van der Waals surface area (Å²) in [4.78, 5) is 12.3. The number of sulfonamides is 1. The molecule has 0 aliphatic heterocycles. The predicted octanol–water partition coefficient (Wildman–Crippen LogP) is 3.02. The Morgan fingerprint density at radius 1 is 1.15 bits per heavy atom. The van der Waals surface area contributed by atoms with E-state index in [1.807, 2.05) is 6.92 Å². The van der Waals surface area contributed by atoms with Gasteiger partial charge in [-0.1, -0.05) is 12.1 Å². The smallest absolute Gasteiger partial charge is 0.355 e. The van der Waals surface area contributed by atoms with Gasteiger partial charge in [-0.15, -0.1) is 0 Å². The number of hydrogen-bond acceptors (Lipinski definition) is 5. The number of nitrogens with zero attached hydrogens (tertiary/aromatic N) is 1. The average Bonchev–Trinajstić information content (AvgIpc) is 2.79. The second-order valence-electron chi connectivity index (χ2n) is 5.70. The monoisotopic (exact) mass is 380 g/mol. The van der Waals surface area contributed by atoms with Crippen LogP contribution in [0.25, 0.3) is 0 Å². The maximum Gasteiger partial charge on any atom is 0.355 e. The lowest BCUT2D eigenvalue weighted by Gasteiger charge is -2.13. The molecule has 1 aromatic heterocycles. The Morgan fingerprint density at radius 2 is 1.81 bits per heavy atom. The van der Waals surface area contributed by atoms with Gasteiger partial charge in [0.15, 0.2) is 0 Å². The van der Waals surface area contributed by atoms with Crippen LogP contribution in [0.4, 0.5) is 5.69 Å². The molecule has 0 spiro atoms. The molecule has 0 unspecified atom stereocenters. The zero-order valence-corrected chi connectivity index (χ0v) is 16.4. The van der Waals surface area contributed by atoms with Gasteiger partial charge in [0.2, 0.25) is 0 Å². The number of anilines is 1. The summed E-state index contributed by atoms with van der Waals surface area (Å²) >= 11 is 0. The van der Waals surface area contributed by atoms with Crippen LogP contribution < -0.4 is 9.46 Å². The van der Waals surface area contributed by atoms with Crippen LogP contribution in [0.5, 0.6) is 5.75 Å². The third kappa shape index (κ3) is 3.70. The molecule has 1 aromatic carbocycles. The van der Waals surface area contributed by atoms with Crippen LogP contribution in [0.1, 0.15) is 35.6 Å². The number of aromatic nitrogens is 1. The first-order valence-electron chi connectivity index (χ1n) is 8.32. The lowest BCUT2D eigenvalue weighted by molar-refractivity contribution is 0.0514. The predicted molar refractivity (Wildman–Crippen MR) is 99.3 cm³/mol. The fourth-order valence-corrected chi connectivity index (χ4v) is 4.45. The lowest BCUT2D eigenvalue weighted by Crippen LogP contribution is -2.15. The zero-order chi connectivity index (χ0) is 19.5. The largest absolute Gasteiger partial charge is 0.492 e. The van der Waals surface area contributed by atoms with Crippen LogP contribution in [-0.2, 0) is 21.8 Å². The third-order valence-corrected chi connectivity index (χ3v) is 5.66. The van der Waals surface area contributed by atoms with Gasteiger partial charge >= 0.3 is 5.97 Å². The number of esters is 1. The molecule has 142 valence electrons. The number of para-hydroxylation sites is 2. The molecule has 1 heterocycles. The van der Waals surface area contributed by atoms with Crippen molar-refractivity contribution in [2.24, 2.45) is 7.05 Å². The normalized spacial score (nSPS) is 11.3. The van der Waals surface area contributed by atoms with Crippen LogP contribution in [0.3, 0.4) is 0 Å². The Kier molecular flexibility index (Phi) is 5.97. The van der Waals surface area contributed by atoms with E-state index in [1.54, 1.807) is 52.1 Å². The number of carbonyl (C=O) groups excluding carboxylic acids is 1. The maximum absolute atomic E-state index is 13.0. The van der Waals surface area contributed by atoms with Crippen molar-refractivity contribution in [3.05, 3.63) is 41.2 Å². The van der Waals surface area contributed by atoms with E-state index >= 15 is 0 Å². The van der Waals surface area contributed by atoms with Gasteiger partial charge in [0, 0.05) is 18.3 Å². The Morgan fingerprint density at radius 3 is 2.42 bits per heavy atom. The molecule has 2 aromatic rings. The molecule has 8 heteroatoms. The van der Waals surface area contributed by atoms with E-state index in [0.717, 1.165) is 0 Å². The molecule has 0 aliphatic carbocycles. The fourth-order valence-electron chi connectivity index (χ4n) is 2.86. The molecule has 2 rings (SSSR count). The van der Waals surface area contributed by atoms with Crippen molar-refractivity contribution in [3.63, 3.8) is 0 Å². The first-order valence-corrected chi connectivity index (χ1v) is 9.80. The highest BCUT2D eigenvalue weighted by Crippen LogP contribution is 2.31. The molecule has 0 aliphatic rings. The van der Waals surface area contributed by atoms with E-state index in [2.05, 4.69) is 4.72 Å². The summed E-state index contributed by atoms with van der Waals surface area (Å²) in [5.74, 6) is -0.109. The number of hydrogen-bond donors (Lipinski definition) is 1. The summed E-state index contributed by atoms with van der Waals surface area (Å²) < 4.78 is 40.6. The van der Waals surface area contributed by atoms with E-state index in [-0.39, 0.29) is 17.2 Å². The van der Waals surface area contributed by atoms with Gasteiger partial charge in [-0.3, -0.25) is 4.72 Å². The summed E-state index contributed by atoms with van der Waals surface area (Å²) in [6.07, 6.45) is 0. The Bertz CT molecular complexity index is 916. The van der Waals surface area contributed by atoms with Crippen LogP contribution in [-0.4, -0.2) is 32.2 Å². The Balaban J connectivity index is 2.51. The SMILES string of the molecule is CCOC(=O)c1c(C)c(S(=O)(=O)Nc2ccccc2OCC)c(C)n1C. The van der Waals surface area contributed by atoms with E-state index in [1.165, 1.54) is 4.57 Å². The Hall–Kier alpha value is -2.48. The quantitative estimate of drug-likeness (QED) is 0.746. The first-order chi connectivity index (χ1) is 12.2. The van der Waals surface area contributed by atoms with Gasteiger partial charge in [-0.05, 0) is 39.8 Å². The Labute approximate surface area is 154 Å². The van der Waals surface area contributed by atoms with E-state index < -0.39 is 16.0 Å². The van der Waals surface area contributed by atoms with Crippen molar-refractivity contribution < 1.29 is 22.7 Å². The standard InChI is InChI=1S/C18H24N2O5S/c1-6-24-15-11-9-8-10-14(15)19-26(22,23)17-12(3)16(18(21)25-7-2)20(5)13(17)4/h8-11,19H,6-7H2,1-5H3. The average molecular weight is 380 g/mol. The summed E-state index contributed by atoms with van der Waals surface area (Å²) in [6.45, 7) is 7.40. The summed E-state index contributed by atoms with van der Waals surface area (Å²) in [5.41, 5.74) is 1.37. The van der Waals surface area contributed by atoms with Gasteiger partial charge in [-0.25, -0.2) is 13.2 Å². The van der Waals surface area contributed by atoms with E-state index in [4.69, 9.17) is 9.47 Å². The minimum absolute atomic E-state index is 0.0642. The van der Waals surface area contributed by atoms with Gasteiger partial charge < -0.3 is 14.0 Å². The highest BCUT2D eigenvalue weighted by molar-refractivity contribution is 7.92. The summed E-state index contributed by atoms with van der Waals surface area (Å²) in [6, 6.07) is 6.80. The topological polar surface area (TPSA) is 86.6 Å². The minimum Gasteiger partial charge on any atom is -0.492 e. The van der Waals surface area contributed by atoms with Crippen LogP contribution >= 0.6 is 0 Å². The molecule has 26 heavy (non-hydrogen) atoms. The van der Waals surface area contributed by atoms with Crippen molar-refractivity contribution >= 4 is 21.7 Å². The zero-order valence-electron chi connectivity index (χ0n) is 15.6. The summed E-state index contributed by atoms with van der Waals surface area (Å²) in [7, 11) is -2.28. The number of benzene rings is 1. The van der Waals surface area contributed by atoms with Crippen LogP contribution in [0.2, 0.25) is 0 Å². The van der Waals surface area contributed by atoms with Crippen LogP contribution in [0.15, 0.2) is 29.2 Å². The van der Waals surface area contributed by atoms with Crippen molar-refractivity contribution in [1.29, 1.82) is 0 Å². The molecular formula is C18H24N2O5S. The van der Waals surface area contributed by atoms with Crippen molar-refractivity contribution in [1.82, 2.24) is 4.57 Å². The molecule has 0 fully saturated rings. The molecular weight excluding hydrogens is 356 g/mol. The molecule has 1 N–H and O–H groups in total. The highest BCUT2D eigenvalue weighted by Gasteiger charge is 2.30. The van der Waals surface area contributed by atoms with Crippen molar-refractivity contribution in [2.45, 2.75) is 32.6 Å². The van der Waals surface area contributed by atoms with Gasteiger partial charge in [-0.2, -0.15) is 0 Å². The minimum atomic E-state index is -3.92. The van der Waals surface area contributed by atoms with E-state index in [9.17, 15) is 13.2 Å². The van der Waals surface area contributed by atoms with Gasteiger partial charge in [0.1, 0.15) is 16.3 Å². The first kappa shape index (κ1) is 19.8. The number of nitrogens with one attached hydrogen (secondary N) is 1. The highest BCUT2D eigenvalue weighted by atomic mass is 32.2. The fraction of sp³-hybridized carbons (Fsp3) is 0.389. The molecule has 0 saturated carbocycles. The lowest BCUT2D eigenvalue weighted by atomic mass is 10.2. The molecule has 0 radical (unpaired) electrons. The third-order valence-electron chi connectivity index (χ3n) is 4.03.